The molecular weight excluding hydrogens is 368 g/mol. The second-order valence-corrected chi connectivity index (χ2v) is 7.31. The molecule has 1 aromatic rings. The maximum atomic E-state index is 12.7. The van der Waals surface area contributed by atoms with Crippen LogP contribution in [0.5, 0.6) is 0 Å². The molecule has 1 N–H and O–H groups in total. The van der Waals surface area contributed by atoms with Gasteiger partial charge in [-0.3, -0.25) is 9.59 Å². The summed E-state index contributed by atoms with van der Waals surface area (Å²) in [5.74, 6) is 1.62. The number of hydrogen-bond donors (Lipinski definition) is 1. The topological polar surface area (TPSA) is 100 Å². The molecule has 1 unspecified atom stereocenters. The number of nitrogens with one attached hydrogen (secondary N) is 1. The van der Waals surface area contributed by atoms with E-state index < -0.39 is 17.7 Å². The summed E-state index contributed by atoms with van der Waals surface area (Å²) in [5.41, 5.74) is -0.155. The van der Waals surface area contributed by atoms with Gasteiger partial charge in [-0.1, -0.05) is 0 Å². The SMILES string of the molecule is C#CCCC1(CCC(=O)NC2CCN(c3sccc3C(=O)OC)C2=O)N=N1. The van der Waals surface area contributed by atoms with E-state index in [4.69, 9.17) is 11.2 Å². The van der Waals surface area contributed by atoms with E-state index in [1.807, 2.05) is 0 Å². The molecule has 0 aromatic carbocycles. The highest BCUT2D eigenvalue weighted by atomic mass is 32.1. The smallest absolute Gasteiger partial charge is 0.340 e. The summed E-state index contributed by atoms with van der Waals surface area (Å²) < 4.78 is 4.75. The molecule has 0 radical (unpaired) electrons. The molecule has 1 aromatic heterocycles. The second kappa shape index (κ2) is 7.88. The molecule has 3 rings (SSSR count). The molecule has 2 amide bonds. The molecule has 142 valence electrons. The Balaban J connectivity index is 1.53. The van der Waals surface area contributed by atoms with Gasteiger partial charge in [0.05, 0.1) is 12.7 Å². The number of amides is 2. The van der Waals surface area contributed by atoms with Gasteiger partial charge in [0, 0.05) is 32.2 Å². The largest absolute Gasteiger partial charge is 0.465 e. The zero-order valence-electron chi connectivity index (χ0n) is 14.9. The molecule has 1 atom stereocenters. The summed E-state index contributed by atoms with van der Waals surface area (Å²) in [6.07, 6.45) is 7.66. The van der Waals surface area contributed by atoms with E-state index in [-0.39, 0.29) is 18.2 Å². The minimum atomic E-state index is -0.597. The van der Waals surface area contributed by atoms with Crippen LogP contribution in [0.1, 0.15) is 42.5 Å². The Morgan fingerprint density at radius 1 is 1.48 bits per heavy atom. The van der Waals surface area contributed by atoms with E-state index in [0.717, 1.165) is 0 Å². The van der Waals surface area contributed by atoms with Gasteiger partial charge in [-0.15, -0.1) is 23.7 Å². The van der Waals surface area contributed by atoms with Crippen molar-refractivity contribution in [2.45, 2.75) is 43.8 Å². The zero-order chi connectivity index (χ0) is 19.4. The number of ether oxygens (including phenoxy) is 1. The number of carbonyl (C=O) groups is 3. The van der Waals surface area contributed by atoms with Crippen LogP contribution in [-0.4, -0.2) is 43.1 Å². The molecule has 0 bridgehead atoms. The number of esters is 1. The van der Waals surface area contributed by atoms with Crippen molar-refractivity contribution < 1.29 is 19.1 Å². The zero-order valence-corrected chi connectivity index (χ0v) is 15.8. The van der Waals surface area contributed by atoms with Gasteiger partial charge in [0.25, 0.3) is 0 Å². The summed E-state index contributed by atoms with van der Waals surface area (Å²) in [5, 5.41) is 13.1. The number of anilines is 1. The molecule has 9 heteroatoms. The molecule has 1 fully saturated rings. The third-order valence-corrected chi connectivity index (χ3v) is 5.58. The fraction of sp³-hybridized carbons (Fsp3) is 0.500. The number of carbonyl (C=O) groups excluding carboxylic acids is 3. The van der Waals surface area contributed by atoms with Crippen molar-refractivity contribution in [3.05, 3.63) is 17.0 Å². The lowest BCUT2D eigenvalue weighted by atomic mass is 10.0. The van der Waals surface area contributed by atoms with Crippen LogP contribution in [0.25, 0.3) is 0 Å². The highest BCUT2D eigenvalue weighted by molar-refractivity contribution is 7.14. The summed E-state index contributed by atoms with van der Waals surface area (Å²) in [4.78, 5) is 38.2. The molecule has 27 heavy (non-hydrogen) atoms. The Kier molecular flexibility index (Phi) is 5.56. The van der Waals surface area contributed by atoms with Gasteiger partial charge in [-0.25, -0.2) is 4.79 Å². The molecule has 0 spiro atoms. The maximum absolute atomic E-state index is 12.7. The Morgan fingerprint density at radius 3 is 2.93 bits per heavy atom. The van der Waals surface area contributed by atoms with Crippen LogP contribution in [0, 0.1) is 12.3 Å². The van der Waals surface area contributed by atoms with E-state index in [0.29, 0.717) is 42.8 Å². The van der Waals surface area contributed by atoms with Crippen LogP contribution in [0.15, 0.2) is 21.7 Å². The molecule has 0 aliphatic carbocycles. The van der Waals surface area contributed by atoms with Crippen molar-refractivity contribution in [1.82, 2.24) is 5.32 Å². The van der Waals surface area contributed by atoms with Crippen molar-refractivity contribution in [2.24, 2.45) is 10.2 Å². The van der Waals surface area contributed by atoms with Crippen molar-refractivity contribution in [2.75, 3.05) is 18.6 Å². The lowest BCUT2D eigenvalue weighted by Gasteiger charge is -2.17. The first-order valence-corrected chi connectivity index (χ1v) is 9.52. The Labute approximate surface area is 161 Å². The average Bonchev–Trinajstić information content (AvgIpc) is 3.12. The van der Waals surface area contributed by atoms with Gasteiger partial charge in [0.15, 0.2) is 5.66 Å². The Bertz CT molecular complexity index is 820. The molecule has 2 aliphatic heterocycles. The number of nitrogens with zero attached hydrogens (tertiary/aromatic N) is 3. The van der Waals surface area contributed by atoms with Gasteiger partial charge < -0.3 is 15.0 Å². The van der Waals surface area contributed by atoms with Crippen LogP contribution in [0.4, 0.5) is 5.00 Å². The number of hydrogen-bond acceptors (Lipinski definition) is 7. The predicted molar refractivity (Wildman–Crippen MR) is 99.4 cm³/mol. The van der Waals surface area contributed by atoms with Gasteiger partial charge in [0.2, 0.25) is 11.8 Å². The van der Waals surface area contributed by atoms with Crippen molar-refractivity contribution in [1.29, 1.82) is 0 Å². The van der Waals surface area contributed by atoms with Crippen LogP contribution in [0.2, 0.25) is 0 Å². The third-order valence-electron chi connectivity index (χ3n) is 4.64. The fourth-order valence-electron chi connectivity index (χ4n) is 3.04. The lowest BCUT2D eigenvalue weighted by Crippen LogP contribution is -2.41. The molecule has 0 saturated carbocycles. The van der Waals surface area contributed by atoms with Gasteiger partial charge in [0.1, 0.15) is 11.0 Å². The highest BCUT2D eigenvalue weighted by Gasteiger charge is 2.40. The second-order valence-electron chi connectivity index (χ2n) is 6.42. The summed E-state index contributed by atoms with van der Waals surface area (Å²) in [7, 11) is 1.30. The van der Waals surface area contributed by atoms with E-state index in [9.17, 15) is 14.4 Å². The molecular formula is C18H20N4O4S. The van der Waals surface area contributed by atoms with E-state index in [1.165, 1.54) is 23.3 Å². The Morgan fingerprint density at radius 2 is 2.26 bits per heavy atom. The standard InChI is InChI=1S/C18H20N4O4S/c1-3-4-8-18(20-21-18)9-5-14(23)19-13-6-10-22(15(13)24)16-12(7-11-27-16)17(25)26-2/h1,7,11,13H,4-6,8-10H2,2H3,(H,19,23). The van der Waals surface area contributed by atoms with Crippen molar-refractivity contribution in [3.63, 3.8) is 0 Å². The fourth-order valence-corrected chi connectivity index (χ4v) is 3.96. The molecule has 1 saturated heterocycles. The number of methoxy groups -OCH3 is 1. The van der Waals surface area contributed by atoms with Crippen molar-refractivity contribution in [3.8, 4) is 12.3 Å². The number of thiophene rings is 1. The first-order valence-electron chi connectivity index (χ1n) is 8.64. The molecule has 8 nitrogen and oxygen atoms in total. The first-order chi connectivity index (χ1) is 13.0. The number of rotatable bonds is 8. The van der Waals surface area contributed by atoms with Gasteiger partial charge >= 0.3 is 5.97 Å². The quantitative estimate of drug-likeness (QED) is 0.544. The Hall–Kier alpha value is -2.73. The van der Waals surface area contributed by atoms with E-state index >= 15 is 0 Å². The minimum Gasteiger partial charge on any atom is -0.465 e. The first kappa shape index (κ1) is 19.0. The van der Waals surface area contributed by atoms with Gasteiger partial charge in [-0.05, 0) is 17.9 Å². The third kappa shape index (κ3) is 4.17. The van der Waals surface area contributed by atoms with Crippen molar-refractivity contribution >= 4 is 34.1 Å². The molecule has 2 aliphatic rings. The van der Waals surface area contributed by atoms with Crippen LogP contribution in [-0.2, 0) is 14.3 Å². The monoisotopic (exact) mass is 388 g/mol. The highest BCUT2D eigenvalue weighted by Crippen LogP contribution is 2.37. The maximum Gasteiger partial charge on any atom is 0.340 e. The van der Waals surface area contributed by atoms with Crippen LogP contribution in [0.3, 0.4) is 0 Å². The van der Waals surface area contributed by atoms with Crippen LogP contribution < -0.4 is 10.2 Å². The van der Waals surface area contributed by atoms with Crippen LogP contribution >= 0.6 is 11.3 Å². The lowest BCUT2D eigenvalue weighted by molar-refractivity contribution is -0.126. The normalized spacial score (nSPS) is 19.6. The average molecular weight is 388 g/mol. The summed E-state index contributed by atoms with van der Waals surface area (Å²) in [6, 6.07) is 1.03. The minimum absolute atomic E-state index is 0.216. The predicted octanol–water partition coefficient (Wildman–Crippen LogP) is 2.11. The number of terminal acetylenes is 1. The van der Waals surface area contributed by atoms with E-state index in [2.05, 4.69) is 21.5 Å². The van der Waals surface area contributed by atoms with Gasteiger partial charge in [-0.2, -0.15) is 10.2 Å². The summed E-state index contributed by atoms with van der Waals surface area (Å²) in [6.45, 7) is 0.436. The van der Waals surface area contributed by atoms with E-state index in [1.54, 1.807) is 11.4 Å². The molecule has 3 heterocycles. The summed E-state index contributed by atoms with van der Waals surface area (Å²) >= 11 is 1.30.